The summed E-state index contributed by atoms with van der Waals surface area (Å²) in [6.45, 7) is 4.95. The minimum absolute atomic E-state index is 0.127. The maximum atomic E-state index is 13.1. The van der Waals surface area contributed by atoms with Gasteiger partial charge in [0.1, 0.15) is 5.75 Å². The van der Waals surface area contributed by atoms with Crippen molar-refractivity contribution in [2.24, 2.45) is 0 Å². The number of hydrogen-bond donors (Lipinski definition) is 1. The van der Waals surface area contributed by atoms with Gasteiger partial charge >= 0.3 is 0 Å². The number of benzene rings is 2. The lowest BCUT2D eigenvalue weighted by Crippen LogP contribution is -2.52. The zero-order valence-corrected chi connectivity index (χ0v) is 17.5. The van der Waals surface area contributed by atoms with E-state index in [1.54, 1.807) is 6.07 Å². The Hall–Kier alpha value is -2.86. The van der Waals surface area contributed by atoms with Gasteiger partial charge in [-0.3, -0.25) is 14.5 Å². The minimum Gasteiger partial charge on any atom is -0.506 e. The van der Waals surface area contributed by atoms with Crippen molar-refractivity contribution < 1.29 is 14.7 Å². The zero-order chi connectivity index (χ0) is 21.1. The molecule has 158 valence electrons. The van der Waals surface area contributed by atoms with Gasteiger partial charge in [-0.1, -0.05) is 37.6 Å². The van der Waals surface area contributed by atoms with Crippen molar-refractivity contribution in [1.82, 2.24) is 4.90 Å². The van der Waals surface area contributed by atoms with E-state index in [-0.39, 0.29) is 24.0 Å². The van der Waals surface area contributed by atoms with Gasteiger partial charge in [0, 0.05) is 26.2 Å². The first-order chi connectivity index (χ1) is 14.6. The second-order valence-electron chi connectivity index (χ2n) is 8.07. The molecule has 0 bridgehead atoms. The molecule has 6 nitrogen and oxygen atoms in total. The van der Waals surface area contributed by atoms with Crippen molar-refractivity contribution in [3.8, 4) is 5.75 Å². The van der Waals surface area contributed by atoms with Crippen molar-refractivity contribution in [2.45, 2.75) is 38.6 Å². The third-order valence-electron chi connectivity index (χ3n) is 6.11. The third kappa shape index (κ3) is 4.05. The first-order valence-corrected chi connectivity index (χ1v) is 10.8. The first-order valence-electron chi connectivity index (χ1n) is 10.8. The number of phenolic OH excluding ortho intramolecular Hbond substituents is 1. The molecule has 2 amide bonds. The number of amides is 2. The zero-order valence-electron chi connectivity index (χ0n) is 17.5. The van der Waals surface area contributed by atoms with Crippen LogP contribution >= 0.6 is 0 Å². The molecule has 2 aliphatic heterocycles. The Kier molecular flexibility index (Phi) is 6.04. The van der Waals surface area contributed by atoms with Gasteiger partial charge < -0.3 is 10.0 Å². The van der Waals surface area contributed by atoms with Crippen LogP contribution in [-0.2, 0) is 16.0 Å². The highest BCUT2D eigenvalue weighted by atomic mass is 16.3. The van der Waals surface area contributed by atoms with Crippen LogP contribution in [0.25, 0.3) is 0 Å². The fraction of sp³-hybridized carbons (Fsp3) is 0.417. The molecule has 0 aliphatic carbocycles. The van der Waals surface area contributed by atoms with Crippen LogP contribution in [0.2, 0.25) is 0 Å². The van der Waals surface area contributed by atoms with Gasteiger partial charge in [0.05, 0.1) is 23.8 Å². The summed E-state index contributed by atoms with van der Waals surface area (Å²) in [6, 6.07) is 14.7. The summed E-state index contributed by atoms with van der Waals surface area (Å²) in [5, 5.41) is 10.1. The Labute approximate surface area is 177 Å². The maximum absolute atomic E-state index is 13.1. The number of phenols is 1. The molecule has 0 saturated carbocycles. The van der Waals surface area contributed by atoms with Crippen LogP contribution in [0.15, 0.2) is 48.5 Å². The lowest BCUT2D eigenvalue weighted by atomic mass is 10.1. The van der Waals surface area contributed by atoms with Crippen LogP contribution in [0.4, 0.5) is 11.4 Å². The SMILES string of the molecule is CCCCc1ccc(N2C(=O)CC(N3CCN(c4ccccc4O)CC3)C2=O)cc1. The molecule has 2 heterocycles. The molecule has 30 heavy (non-hydrogen) atoms. The second kappa shape index (κ2) is 8.88. The molecule has 2 fully saturated rings. The van der Waals surface area contributed by atoms with Crippen LogP contribution < -0.4 is 9.80 Å². The standard InChI is InChI=1S/C24H29N3O3/c1-2-3-6-18-9-11-19(12-10-18)27-23(29)17-21(24(27)30)26-15-13-25(14-16-26)20-7-4-5-8-22(20)28/h4-5,7-12,21,28H,2-3,6,13-17H2,1H3. The summed E-state index contributed by atoms with van der Waals surface area (Å²) in [4.78, 5) is 31.3. The van der Waals surface area contributed by atoms with Gasteiger partial charge in [-0.05, 0) is 42.7 Å². The molecule has 2 aromatic carbocycles. The fourth-order valence-corrected chi connectivity index (χ4v) is 4.37. The maximum Gasteiger partial charge on any atom is 0.251 e. The molecule has 1 unspecified atom stereocenters. The number of aromatic hydroxyl groups is 1. The number of nitrogens with zero attached hydrogens (tertiary/aromatic N) is 3. The summed E-state index contributed by atoms with van der Waals surface area (Å²) in [7, 11) is 0. The minimum atomic E-state index is -0.399. The molecule has 1 atom stereocenters. The molecule has 0 aromatic heterocycles. The van der Waals surface area contributed by atoms with Gasteiger partial charge in [0.25, 0.3) is 5.91 Å². The van der Waals surface area contributed by atoms with Gasteiger partial charge in [-0.15, -0.1) is 0 Å². The molecule has 0 radical (unpaired) electrons. The Bertz CT molecular complexity index is 904. The number of unbranched alkanes of at least 4 members (excludes halogenated alkanes) is 1. The van der Waals surface area contributed by atoms with E-state index < -0.39 is 6.04 Å². The second-order valence-corrected chi connectivity index (χ2v) is 8.07. The Morgan fingerprint density at radius 2 is 1.67 bits per heavy atom. The average molecular weight is 408 g/mol. The predicted octanol–water partition coefficient (Wildman–Crippen LogP) is 3.19. The summed E-state index contributed by atoms with van der Waals surface area (Å²) in [6.07, 6.45) is 3.52. The molecule has 0 spiro atoms. The van der Waals surface area contributed by atoms with E-state index in [4.69, 9.17) is 0 Å². The molecule has 2 aliphatic rings. The van der Waals surface area contributed by atoms with Crippen molar-refractivity contribution in [2.75, 3.05) is 36.0 Å². The number of carbonyl (C=O) groups is 2. The molecular formula is C24H29N3O3. The Morgan fingerprint density at radius 1 is 0.967 bits per heavy atom. The van der Waals surface area contributed by atoms with Crippen molar-refractivity contribution in [3.63, 3.8) is 0 Å². The lowest BCUT2D eigenvalue weighted by molar-refractivity contribution is -0.123. The summed E-state index contributed by atoms with van der Waals surface area (Å²) in [5.41, 5.74) is 2.72. The van der Waals surface area contributed by atoms with E-state index in [0.29, 0.717) is 31.9 Å². The van der Waals surface area contributed by atoms with Crippen LogP contribution in [0.5, 0.6) is 5.75 Å². The van der Waals surface area contributed by atoms with E-state index in [0.717, 1.165) is 24.9 Å². The van der Waals surface area contributed by atoms with Crippen LogP contribution in [0.3, 0.4) is 0 Å². The number of aryl methyl sites for hydroxylation is 1. The summed E-state index contributed by atoms with van der Waals surface area (Å²) < 4.78 is 0. The molecule has 2 saturated heterocycles. The van der Waals surface area contributed by atoms with Gasteiger partial charge in [0.2, 0.25) is 5.91 Å². The van der Waals surface area contributed by atoms with E-state index >= 15 is 0 Å². The van der Waals surface area contributed by atoms with E-state index in [1.165, 1.54) is 10.5 Å². The highest BCUT2D eigenvalue weighted by molar-refractivity contribution is 6.22. The number of anilines is 2. The van der Waals surface area contributed by atoms with Crippen LogP contribution in [0.1, 0.15) is 31.7 Å². The highest BCUT2D eigenvalue weighted by Crippen LogP contribution is 2.30. The monoisotopic (exact) mass is 407 g/mol. The van der Waals surface area contributed by atoms with E-state index in [2.05, 4.69) is 16.7 Å². The van der Waals surface area contributed by atoms with Crippen molar-refractivity contribution in [1.29, 1.82) is 0 Å². The molecule has 1 N–H and O–H groups in total. The number of imide groups is 1. The Balaban J connectivity index is 1.40. The quantitative estimate of drug-likeness (QED) is 0.745. The predicted molar refractivity (Wildman–Crippen MR) is 118 cm³/mol. The Morgan fingerprint density at radius 3 is 2.33 bits per heavy atom. The van der Waals surface area contributed by atoms with Crippen molar-refractivity contribution >= 4 is 23.2 Å². The van der Waals surface area contributed by atoms with Crippen LogP contribution in [0, 0.1) is 0 Å². The fourth-order valence-electron chi connectivity index (χ4n) is 4.37. The van der Waals surface area contributed by atoms with Gasteiger partial charge in [0.15, 0.2) is 0 Å². The lowest BCUT2D eigenvalue weighted by Gasteiger charge is -2.38. The summed E-state index contributed by atoms with van der Waals surface area (Å²) in [5.74, 6) is 0.0124. The smallest absolute Gasteiger partial charge is 0.251 e. The number of rotatable bonds is 6. The number of piperazine rings is 1. The molecule has 2 aromatic rings. The number of hydrogen-bond acceptors (Lipinski definition) is 5. The summed E-state index contributed by atoms with van der Waals surface area (Å²) >= 11 is 0. The molecular weight excluding hydrogens is 378 g/mol. The van der Waals surface area contributed by atoms with Gasteiger partial charge in [-0.25, -0.2) is 4.90 Å². The van der Waals surface area contributed by atoms with Gasteiger partial charge in [-0.2, -0.15) is 0 Å². The number of para-hydroxylation sites is 2. The molecule has 6 heteroatoms. The number of carbonyl (C=O) groups excluding carboxylic acids is 2. The highest BCUT2D eigenvalue weighted by Gasteiger charge is 2.43. The van der Waals surface area contributed by atoms with E-state index in [9.17, 15) is 14.7 Å². The third-order valence-corrected chi connectivity index (χ3v) is 6.11. The molecule has 4 rings (SSSR count). The van der Waals surface area contributed by atoms with E-state index in [1.807, 2.05) is 42.5 Å². The van der Waals surface area contributed by atoms with Crippen LogP contribution in [-0.4, -0.2) is 54.0 Å². The normalized spacial score (nSPS) is 20.2. The topological polar surface area (TPSA) is 64.1 Å². The first kappa shape index (κ1) is 20.4. The average Bonchev–Trinajstić information content (AvgIpc) is 3.07. The largest absolute Gasteiger partial charge is 0.506 e. The van der Waals surface area contributed by atoms with Crippen molar-refractivity contribution in [3.05, 3.63) is 54.1 Å².